The Balaban J connectivity index is 1.98. The van der Waals surface area contributed by atoms with Gasteiger partial charge in [0.2, 0.25) is 5.90 Å². The highest BCUT2D eigenvalue weighted by Gasteiger charge is 2.25. The summed E-state index contributed by atoms with van der Waals surface area (Å²) in [5.74, 6) is 0.805. The Bertz CT molecular complexity index is 994. The molecule has 0 aliphatic carbocycles. The lowest BCUT2D eigenvalue weighted by Gasteiger charge is -2.12. The molecule has 0 fully saturated rings. The molecule has 0 radical (unpaired) electrons. The quantitative estimate of drug-likeness (QED) is 0.326. The van der Waals surface area contributed by atoms with E-state index >= 15 is 0 Å². The van der Waals surface area contributed by atoms with Gasteiger partial charge in [-0.3, -0.25) is 10.1 Å². The Kier molecular flexibility index (Phi) is 5.25. The first-order valence-electron chi connectivity index (χ1n) is 8.04. The van der Waals surface area contributed by atoms with Crippen LogP contribution in [0.25, 0.3) is 6.08 Å². The highest BCUT2D eigenvalue weighted by molar-refractivity contribution is 6.13. The zero-order valence-electron chi connectivity index (χ0n) is 15.3. The molecule has 0 bridgehead atoms. The van der Waals surface area contributed by atoms with Gasteiger partial charge in [-0.25, -0.2) is 9.79 Å². The summed E-state index contributed by atoms with van der Waals surface area (Å²) in [5, 5.41) is 10.7. The van der Waals surface area contributed by atoms with Gasteiger partial charge in [-0.05, 0) is 24.3 Å². The van der Waals surface area contributed by atoms with Crippen LogP contribution in [0.15, 0.2) is 47.1 Å². The largest absolute Gasteiger partial charge is 0.496 e. The van der Waals surface area contributed by atoms with E-state index in [2.05, 4.69) is 4.99 Å². The molecule has 1 aliphatic heterocycles. The van der Waals surface area contributed by atoms with E-state index in [1.54, 1.807) is 12.1 Å². The zero-order chi connectivity index (χ0) is 20.3. The predicted molar refractivity (Wildman–Crippen MR) is 99.8 cm³/mol. The maximum absolute atomic E-state index is 12.2. The second-order valence-electron chi connectivity index (χ2n) is 5.59. The Morgan fingerprint density at radius 2 is 1.61 bits per heavy atom. The van der Waals surface area contributed by atoms with Gasteiger partial charge in [0, 0.05) is 29.3 Å². The highest BCUT2D eigenvalue weighted by Crippen LogP contribution is 2.36. The fourth-order valence-corrected chi connectivity index (χ4v) is 2.57. The topological polar surface area (TPSA) is 109 Å². The molecule has 28 heavy (non-hydrogen) atoms. The first-order chi connectivity index (χ1) is 13.5. The number of non-ortho nitro benzene ring substituents is 1. The fourth-order valence-electron chi connectivity index (χ4n) is 2.57. The van der Waals surface area contributed by atoms with E-state index in [1.165, 1.54) is 51.7 Å². The number of hydrogen-bond donors (Lipinski definition) is 0. The molecule has 0 saturated carbocycles. The van der Waals surface area contributed by atoms with Crippen molar-refractivity contribution in [2.24, 2.45) is 4.99 Å². The minimum absolute atomic E-state index is 0.0545. The van der Waals surface area contributed by atoms with Crippen LogP contribution in [-0.2, 0) is 9.53 Å². The minimum atomic E-state index is -0.648. The van der Waals surface area contributed by atoms with Gasteiger partial charge < -0.3 is 18.9 Å². The number of carbonyl (C=O) groups excluding carboxylic acids is 1. The van der Waals surface area contributed by atoms with Crippen LogP contribution in [0.2, 0.25) is 0 Å². The third-order valence-corrected chi connectivity index (χ3v) is 3.97. The fraction of sp³-hybridized carbons (Fsp3) is 0.158. The van der Waals surface area contributed by atoms with Crippen molar-refractivity contribution in [1.82, 2.24) is 0 Å². The maximum Gasteiger partial charge on any atom is 0.363 e. The molecule has 0 N–H and O–H groups in total. The van der Waals surface area contributed by atoms with Gasteiger partial charge in [0.25, 0.3) is 5.69 Å². The van der Waals surface area contributed by atoms with Crippen molar-refractivity contribution in [2.75, 3.05) is 21.3 Å². The smallest absolute Gasteiger partial charge is 0.363 e. The van der Waals surface area contributed by atoms with Gasteiger partial charge in [0.15, 0.2) is 17.2 Å². The number of rotatable bonds is 6. The summed E-state index contributed by atoms with van der Waals surface area (Å²) < 4.78 is 21.0. The van der Waals surface area contributed by atoms with Crippen LogP contribution < -0.4 is 14.2 Å². The van der Waals surface area contributed by atoms with Crippen LogP contribution in [0.3, 0.4) is 0 Å². The summed E-state index contributed by atoms with van der Waals surface area (Å²) in [7, 11) is 4.49. The van der Waals surface area contributed by atoms with E-state index in [0.717, 1.165) is 0 Å². The van der Waals surface area contributed by atoms with Gasteiger partial charge in [0.05, 0.1) is 26.3 Å². The Morgan fingerprint density at radius 3 is 2.18 bits per heavy atom. The zero-order valence-corrected chi connectivity index (χ0v) is 15.3. The number of methoxy groups -OCH3 is 3. The number of carbonyl (C=O) groups is 1. The van der Waals surface area contributed by atoms with Crippen molar-refractivity contribution < 1.29 is 28.7 Å². The molecule has 1 aliphatic rings. The average Bonchev–Trinajstić information content (AvgIpc) is 3.08. The molecular formula is C19H16N2O7. The number of nitro benzene ring substituents is 1. The second kappa shape index (κ2) is 7.78. The number of ether oxygens (including phenoxy) is 4. The lowest BCUT2D eigenvalue weighted by atomic mass is 10.1. The van der Waals surface area contributed by atoms with Crippen LogP contribution >= 0.6 is 0 Å². The van der Waals surface area contributed by atoms with Crippen LogP contribution in [0.1, 0.15) is 11.1 Å². The number of aliphatic imine (C=N–C) groups is 1. The summed E-state index contributed by atoms with van der Waals surface area (Å²) in [6.07, 6.45) is 1.50. The van der Waals surface area contributed by atoms with E-state index in [0.29, 0.717) is 28.4 Å². The van der Waals surface area contributed by atoms with Crippen LogP contribution in [0, 0.1) is 10.1 Å². The van der Waals surface area contributed by atoms with E-state index in [1.807, 2.05) is 0 Å². The second-order valence-corrected chi connectivity index (χ2v) is 5.59. The number of nitro groups is 1. The Morgan fingerprint density at radius 1 is 1.00 bits per heavy atom. The van der Waals surface area contributed by atoms with Crippen molar-refractivity contribution in [3.8, 4) is 17.2 Å². The number of nitrogens with zero attached hydrogens (tertiary/aromatic N) is 2. The van der Waals surface area contributed by atoms with Gasteiger partial charge in [-0.2, -0.15) is 0 Å². The summed E-state index contributed by atoms with van der Waals surface area (Å²) in [5.41, 5.74) is 0.973. The monoisotopic (exact) mass is 384 g/mol. The van der Waals surface area contributed by atoms with Crippen molar-refractivity contribution in [1.29, 1.82) is 0 Å². The summed E-state index contributed by atoms with van der Waals surface area (Å²) >= 11 is 0. The van der Waals surface area contributed by atoms with E-state index in [4.69, 9.17) is 18.9 Å². The molecular weight excluding hydrogens is 368 g/mol. The molecule has 2 aromatic carbocycles. The van der Waals surface area contributed by atoms with E-state index < -0.39 is 10.9 Å². The summed E-state index contributed by atoms with van der Waals surface area (Å²) in [4.78, 5) is 26.6. The van der Waals surface area contributed by atoms with E-state index in [-0.39, 0.29) is 17.3 Å². The first-order valence-corrected chi connectivity index (χ1v) is 8.04. The van der Waals surface area contributed by atoms with Crippen molar-refractivity contribution in [3.05, 3.63) is 63.3 Å². The molecule has 2 aromatic rings. The normalized spacial score (nSPS) is 14.5. The number of esters is 1. The number of benzene rings is 2. The van der Waals surface area contributed by atoms with Crippen LogP contribution in [0.5, 0.6) is 17.2 Å². The molecule has 0 aromatic heterocycles. The third-order valence-electron chi connectivity index (χ3n) is 3.97. The standard InChI is InChI=1S/C19H16N2O7/c1-25-15-10-17(27-3)16(26-2)9-12(15)8-14-19(22)28-18(20-14)11-4-6-13(7-5-11)21(23)24/h4-10H,1-3H3. The van der Waals surface area contributed by atoms with Gasteiger partial charge in [-0.15, -0.1) is 0 Å². The van der Waals surface area contributed by atoms with Gasteiger partial charge >= 0.3 is 5.97 Å². The molecule has 0 amide bonds. The number of cyclic esters (lactones) is 1. The molecule has 1 heterocycles. The highest BCUT2D eigenvalue weighted by atomic mass is 16.6. The third kappa shape index (κ3) is 3.63. The summed E-state index contributed by atoms with van der Waals surface area (Å²) in [6, 6.07) is 8.83. The molecule has 9 heteroatoms. The van der Waals surface area contributed by atoms with Gasteiger partial charge in [0.1, 0.15) is 5.75 Å². The maximum atomic E-state index is 12.2. The summed E-state index contributed by atoms with van der Waals surface area (Å²) in [6.45, 7) is 0. The van der Waals surface area contributed by atoms with Crippen molar-refractivity contribution in [2.45, 2.75) is 0 Å². The molecule has 3 rings (SSSR count). The molecule has 9 nitrogen and oxygen atoms in total. The van der Waals surface area contributed by atoms with E-state index in [9.17, 15) is 14.9 Å². The number of hydrogen-bond acceptors (Lipinski definition) is 8. The van der Waals surface area contributed by atoms with Crippen molar-refractivity contribution >= 4 is 23.6 Å². The minimum Gasteiger partial charge on any atom is -0.496 e. The molecule has 0 atom stereocenters. The molecule has 0 saturated heterocycles. The lowest BCUT2D eigenvalue weighted by molar-refractivity contribution is -0.384. The van der Waals surface area contributed by atoms with Crippen LogP contribution in [-0.4, -0.2) is 38.1 Å². The van der Waals surface area contributed by atoms with Crippen molar-refractivity contribution in [3.63, 3.8) is 0 Å². The molecule has 0 unspecified atom stereocenters. The Labute approximate surface area is 160 Å². The lowest BCUT2D eigenvalue weighted by Crippen LogP contribution is -2.05. The van der Waals surface area contributed by atoms with Crippen LogP contribution in [0.4, 0.5) is 5.69 Å². The molecule has 144 valence electrons. The molecule has 0 spiro atoms. The van der Waals surface area contributed by atoms with Gasteiger partial charge in [-0.1, -0.05) is 0 Å². The predicted octanol–water partition coefficient (Wildman–Crippen LogP) is 2.97. The SMILES string of the molecule is COc1cc(OC)c(OC)cc1C=C1N=C(c2ccc([N+](=O)[O-])cc2)OC1=O. The average molecular weight is 384 g/mol. The first kappa shape index (κ1) is 18.9. The Hall–Kier alpha value is -3.88.